The molecule has 30 heavy (non-hydrogen) atoms. The predicted molar refractivity (Wildman–Crippen MR) is 120 cm³/mol. The largest absolute Gasteiger partial charge is 0.332 e. The predicted octanol–water partition coefficient (Wildman–Crippen LogP) is 4.54. The van der Waals surface area contributed by atoms with Gasteiger partial charge < -0.3 is 15.1 Å². The van der Waals surface area contributed by atoms with E-state index in [9.17, 15) is 14.4 Å². The van der Waals surface area contributed by atoms with Crippen molar-refractivity contribution < 1.29 is 14.4 Å². The van der Waals surface area contributed by atoms with Crippen LogP contribution in [0, 0.1) is 0 Å². The monoisotopic (exact) mass is 467 g/mol. The average Bonchev–Trinajstić information content (AvgIpc) is 3.41. The van der Waals surface area contributed by atoms with E-state index in [0.29, 0.717) is 46.5 Å². The van der Waals surface area contributed by atoms with Gasteiger partial charge in [-0.05, 0) is 48.9 Å². The molecule has 0 saturated carbocycles. The van der Waals surface area contributed by atoms with E-state index in [1.54, 1.807) is 29.2 Å². The van der Waals surface area contributed by atoms with E-state index in [1.807, 2.05) is 18.4 Å². The Labute approximate surface area is 189 Å². The molecule has 1 aliphatic heterocycles. The molecule has 1 aromatic heterocycles. The molecule has 3 rings (SSSR count). The van der Waals surface area contributed by atoms with E-state index < -0.39 is 6.04 Å². The van der Waals surface area contributed by atoms with Crippen molar-refractivity contribution in [3.8, 4) is 0 Å². The van der Waals surface area contributed by atoms with Crippen LogP contribution in [-0.2, 0) is 9.59 Å². The highest BCUT2D eigenvalue weighted by Crippen LogP contribution is 2.26. The number of amides is 3. The Morgan fingerprint density at radius 2 is 2.07 bits per heavy atom. The number of carbonyl (C=O) groups is 3. The Kier molecular flexibility index (Phi) is 7.75. The van der Waals surface area contributed by atoms with Gasteiger partial charge in [0.1, 0.15) is 6.04 Å². The van der Waals surface area contributed by atoms with Gasteiger partial charge in [0.15, 0.2) is 0 Å². The van der Waals surface area contributed by atoms with Gasteiger partial charge in [0, 0.05) is 18.1 Å². The third kappa shape index (κ3) is 5.33. The number of nitrogens with one attached hydrogen (secondary N) is 1. The van der Waals surface area contributed by atoms with Crippen LogP contribution >= 0.6 is 34.5 Å². The summed E-state index contributed by atoms with van der Waals surface area (Å²) in [5.74, 6) is -0.700. The van der Waals surface area contributed by atoms with Gasteiger partial charge in [0.25, 0.3) is 5.91 Å². The van der Waals surface area contributed by atoms with Crippen LogP contribution in [0.2, 0.25) is 10.0 Å². The van der Waals surface area contributed by atoms with Gasteiger partial charge in [-0.15, -0.1) is 11.3 Å². The van der Waals surface area contributed by atoms with E-state index in [0.717, 1.165) is 6.42 Å². The van der Waals surface area contributed by atoms with E-state index in [2.05, 4.69) is 5.32 Å². The Bertz CT molecular complexity index is 920. The zero-order chi connectivity index (χ0) is 21.7. The van der Waals surface area contributed by atoms with Crippen LogP contribution in [0.5, 0.6) is 0 Å². The number of anilines is 1. The van der Waals surface area contributed by atoms with E-state index in [1.165, 1.54) is 16.2 Å². The number of halogens is 2. The number of rotatable bonds is 7. The first-order chi connectivity index (χ1) is 14.4. The number of hydrogen-bond acceptors (Lipinski definition) is 4. The fourth-order valence-corrected chi connectivity index (χ4v) is 4.53. The Hall–Kier alpha value is -2.09. The molecule has 2 aromatic rings. The first-order valence-corrected chi connectivity index (χ1v) is 11.4. The topological polar surface area (TPSA) is 69.7 Å². The maximum absolute atomic E-state index is 13.2. The van der Waals surface area contributed by atoms with Crippen LogP contribution in [0.3, 0.4) is 0 Å². The normalized spacial score (nSPS) is 15.8. The van der Waals surface area contributed by atoms with Crippen molar-refractivity contribution in [1.82, 2.24) is 9.80 Å². The van der Waals surface area contributed by atoms with Crippen molar-refractivity contribution in [2.75, 3.05) is 25.0 Å². The molecule has 1 N–H and O–H groups in total. The SMILES string of the molecule is CCCN(CC(=O)Nc1cc(Cl)ccc1Cl)C(=O)[C@@H]1CCCN1C(=O)c1cccs1. The number of nitrogens with zero attached hydrogens (tertiary/aromatic N) is 2. The number of carbonyl (C=O) groups excluding carboxylic acids is 3. The maximum Gasteiger partial charge on any atom is 0.264 e. The fourth-order valence-electron chi connectivity index (χ4n) is 3.51. The highest BCUT2D eigenvalue weighted by Gasteiger charge is 2.37. The molecule has 2 heterocycles. The van der Waals surface area contributed by atoms with Crippen LogP contribution in [0.15, 0.2) is 35.7 Å². The van der Waals surface area contributed by atoms with Crippen molar-refractivity contribution in [2.45, 2.75) is 32.2 Å². The molecule has 6 nitrogen and oxygen atoms in total. The molecule has 3 amide bonds. The summed E-state index contributed by atoms with van der Waals surface area (Å²) in [5.41, 5.74) is 0.397. The van der Waals surface area contributed by atoms with Gasteiger partial charge in [-0.25, -0.2) is 0 Å². The Balaban J connectivity index is 1.70. The minimum absolute atomic E-state index is 0.118. The van der Waals surface area contributed by atoms with E-state index in [-0.39, 0.29) is 24.3 Å². The van der Waals surface area contributed by atoms with Gasteiger partial charge in [0.2, 0.25) is 11.8 Å². The molecule has 0 bridgehead atoms. The molecular formula is C21H23Cl2N3O3S. The molecule has 9 heteroatoms. The number of hydrogen-bond donors (Lipinski definition) is 1. The highest BCUT2D eigenvalue weighted by molar-refractivity contribution is 7.12. The van der Waals surface area contributed by atoms with Crippen LogP contribution < -0.4 is 5.32 Å². The summed E-state index contributed by atoms with van der Waals surface area (Å²) in [6.07, 6.45) is 2.05. The third-order valence-corrected chi connectivity index (χ3v) is 6.30. The van der Waals surface area contributed by atoms with Gasteiger partial charge in [-0.2, -0.15) is 0 Å². The van der Waals surface area contributed by atoms with Crippen molar-refractivity contribution in [3.63, 3.8) is 0 Å². The van der Waals surface area contributed by atoms with Gasteiger partial charge in [-0.3, -0.25) is 14.4 Å². The molecule has 0 unspecified atom stereocenters. The molecule has 0 radical (unpaired) electrons. The lowest BCUT2D eigenvalue weighted by Crippen LogP contribution is -2.49. The summed E-state index contributed by atoms with van der Waals surface area (Å²) in [6.45, 7) is 2.78. The van der Waals surface area contributed by atoms with Crippen LogP contribution in [0.25, 0.3) is 0 Å². The fraction of sp³-hybridized carbons (Fsp3) is 0.381. The quantitative estimate of drug-likeness (QED) is 0.649. The van der Waals surface area contributed by atoms with Crippen molar-refractivity contribution >= 4 is 57.9 Å². The zero-order valence-corrected chi connectivity index (χ0v) is 18.9. The van der Waals surface area contributed by atoms with Crippen molar-refractivity contribution in [2.24, 2.45) is 0 Å². The van der Waals surface area contributed by atoms with Gasteiger partial charge in [0.05, 0.1) is 22.1 Å². The molecule has 1 aliphatic rings. The van der Waals surface area contributed by atoms with Crippen LogP contribution in [0.1, 0.15) is 35.9 Å². The van der Waals surface area contributed by atoms with Crippen molar-refractivity contribution in [3.05, 3.63) is 50.6 Å². The van der Waals surface area contributed by atoms with Crippen LogP contribution in [0.4, 0.5) is 5.69 Å². The maximum atomic E-state index is 13.2. The summed E-state index contributed by atoms with van der Waals surface area (Å²) in [5, 5.41) is 5.37. The third-order valence-electron chi connectivity index (χ3n) is 4.87. The second-order valence-electron chi connectivity index (χ2n) is 7.07. The smallest absolute Gasteiger partial charge is 0.264 e. The van der Waals surface area contributed by atoms with Crippen molar-refractivity contribution in [1.29, 1.82) is 0 Å². The Morgan fingerprint density at radius 3 is 2.77 bits per heavy atom. The second-order valence-corrected chi connectivity index (χ2v) is 8.86. The molecule has 1 saturated heterocycles. The number of thiophene rings is 1. The lowest BCUT2D eigenvalue weighted by atomic mass is 10.1. The van der Waals surface area contributed by atoms with E-state index in [4.69, 9.17) is 23.2 Å². The number of benzene rings is 1. The molecule has 1 fully saturated rings. The summed E-state index contributed by atoms with van der Waals surface area (Å²) < 4.78 is 0. The summed E-state index contributed by atoms with van der Waals surface area (Å²) in [7, 11) is 0. The molecule has 0 spiro atoms. The second kappa shape index (κ2) is 10.3. The first-order valence-electron chi connectivity index (χ1n) is 9.79. The number of likely N-dealkylation sites (tertiary alicyclic amines) is 1. The average molecular weight is 468 g/mol. The summed E-state index contributed by atoms with van der Waals surface area (Å²) >= 11 is 13.4. The minimum atomic E-state index is -0.547. The lowest BCUT2D eigenvalue weighted by molar-refractivity contribution is -0.138. The van der Waals surface area contributed by atoms with Gasteiger partial charge >= 0.3 is 0 Å². The summed E-state index contributed by atoms with van der Waals surface area (Å²) in [4.78, 5) is 42.4. The lowest BCUT2D eigenvalue weighted by Gasteiger charge is -2.29. The standard InChI is InChI=1S/C21H23Cl2N3O3S/c1-2-9-25(13-19(27)24-16-12-14(22)7-8-15(16)23)20(28)17-5-3-10-26(17)21(29)18-6-4-11-30-18/h4,6-8,11-12,17H,2-3,5,9-10,13H2,1H3,(H,24,27)/t17-/m0/s1. The minimum Gasteiger partial charge on any atom is -0.332 e. The molecule has 1 atom stereocenters. The summed E-state index contributed by atoms with van der Waals surface area (Å²) in [6, 6.07) is 7.82. The highest BCUT2D eigenvalue weighted by atomic mass is 35.5. The first kappa shape index (κ1) is 22.6. The van der Waals surface area contributed by atoms with Gasteiger partial charge in [-0.1, -0.05) is 36.2 Å². The van der Waals surface area contributed by atoms with Crippen LogP contribution in [-0.4, -0.2) is 53.2 Å². The molecule has 0 aliphatic carbocycles. The zero-order valence-electron chi connectivity index (χ0n) is 16.6. The molecule has 1 aromatic carbocycles. The molecule has 160 valence electrons. The Morgan fingerprint density at radius 1 is 1.27 bits per heavy atom. The van der Waals surface area contributed by atoms with E-state index >= 15 is 0 Å². The molecular weight excluding hydrogens is 445 g/mol.